The van der Waals surface area contributed by atoms with E-state index in [1.54, 1.807) is 10.7 Å². The summed E-state index contributed by atoms with van der Waals surface area (Å²) in [7, 11) is 0. The van der Waals surface area contributed by atoms with E-state index in [-0.39, 0.29) is 0 Å². The molecule has 2 aromatic carbocycles. The van der Waals surface area contributed by atoms with Crippen molar-refractivity contribution in [1.29, 1.82) is 0 Å². The molecule has 4 nitrogen and oxygen atoms in total. The van der Waals surface area contributed by atoms with Gasteiger partial charge in [0.15, 0.2) is 0 Å². The summed E-state index contributed by atoms with van der Waals surface area (Å²) in [6.07, 6.45) is 0.681. The predicted molar refractivity (Wildman–Crippen MR) is 124 cm³/mol. The second kappa shape index (κ2) is 9.21. The minimum atomic E-state index is -4.37. The average Bonchev–Trinajstić information content (AvgIpc) is 3.00. The van der Waals surface area contributed by atoms with Gasteiger partial charge < -0.3 is 5.32 Å². The normalized spacial score (nSPS) is 17.9. The largest absolute Gasteiger partial charge is 0.416 e. The molecule has 0 saturated carbocycles. The smallest absolute Gasteiger partial charge is 0.370 e. The van der Waals surface area contributed by atoms with Crippen molar-refractivity contribution >= 4 is 5.82 Å². The van der Waals surface area contributed by atoms with Crippen LogP contribution in [-0.4, -0.2) is 34.3 Å². The van der Waals surface area contributed by atoms with Crippen molar-refractivity contribution in [3.63, 3.8) is 0 Å². The van der Waals surface area contributed by atoms with E-state index in [2.05, 4.69) is 34.5 Å². The number of nitrogens with one attached hydrogen (secondary N) is 1. The zero-order valence-electron chi connectivity index (χ0n) is 18.6. The van der Waals surface area contributed by atoms with E-state index in [4.69, 9.17) is 5.10 Å². The lowest BCUT2D eigenvalue weighted by molar-refractivity contribution is -0.137. The molecule has 2 aliphatic rings. The van der Waals surface area contributed by atoms with Gasteiger partial charge in [-0.15, -0.1) is 0 Å². The average molecular weight is 455 g/mol. The van der Waals surface area contributed by atoms with Crippen molar-refractivity contribution in [3.8, 4) is 5.69 Å². The molecule has 0 radical (unpaired) electrons. The summed E-state index contributed by atoms with van der Waals surface area (Å²) in [6.45, 7) is 3.76. The Morgan fingerprint density at radius 2 is 1.76 bits per heavy atom. The van der Waals surface area contributed by atoms with Gasteiger partial charge in [-0.2, -0.15) is 18.3 Å². The molecule has 0 spiro atoms. The molecule has 1 fully saturated rings. The number of anilines is 1. The number of benzene rings is 2. The molecule has 0 atom stereocenters. The lowest BCUT2D eigenvalue weighted by Crippen LogP contribution is -2.32. The maximum absolute atomic E-state index is 13.3. The lowest BCUT2D eigenvalue weighted by atomic mass is 9.90. The molecule has 174 valence electrons. The van der Waals surface area contributed by atoms with Crippen LogP contribution in [0.25, 0.3) is 5.69 Å². The van der Waals surface area contributed by atoms with Gasteiger partial charge in [0.2, 0.25) is 0 Å². The third kappa shape index (κ3) is 4.78. The molecule has 3 heterocycles. The first kappa shape index (κ1) is 22.0. The third-order valence-corrected chi connectivity index (χ3v) is 6.80. The fraction of sp³-hybridized carbons (Fsp3) is 0.423. The molecule has 1 aromatic heterocycles. The number of nitrogens with zero attached hydrogens (tertiary/aromatic N) is 3. The van der Waals surface area contributed by atoms with Crippen molar-refractivity contribution in [2.45, 2.75) is 50.7 Å². The third-order valence-electron chi connectivity index (χ3n) is 6.80. The van der Waals surface area contributed by atoms with E-state index in [1.165, 1.54) is 23.3 Å². The molecule has 3 aromatic rings. The monoisotopic (exact) mass is 454 g/mol. The molecular formula is C26H29F3N4. The van der Waals surface area contributed by atoms with Crippen LogP contribution >= 0.6 is 0 Å². The van der Waals surface area contributed by atoms with Crippen LogP contribution in [0.3, 0.4) is 0 Å². The summed E-state index contributed by atoms with van der Waals surface area (Å²) < 4.78 is 41.7. The quantitative estimate of drug-likeness (QED) is 0.523. The Morgan fingerprint density at radius 3 is 2.52 bits per heavy atom. The SMILES string of the molecule is FC(F)(F)c1cccc(-n2nc(C3CCN(Cc4ccccc4)CC3)c3c2NCCCC3)c1. The summed E-state index contributed by atoms with van der Waals surface area (Å²) >= 11 is 0. The minimum Gasteiger partial charge on any atom is -0.370 e. The fourth-order valence-electron chi connectivity index (χ4n) is 5.06. The van der Waals surface area contributed by atoms with Crippen LogP contribution < -0.4 is 5.32 Å². The molecule has 7 heteroatoms. The van der Waals surface area contributed by atoms with Gasteiger partial charge in [-0.3, -0.25) is 4.90 Å². The maximum Gasteiger partial charge on any atom is 0.416 e. The number of alkyl halides is 3. The standard InChI is InChI=1S/C26H29F3N4/c27-26(28,29)21-9-6-10-22(17-21)33-25-23(11-4-5-14-30-25)24(31-33)20-12-15-32(16-13-20)18-19-7-2-1-3-8-19/h1-3,6-10,17,20,30H,4-5,11-16,18H2. The van der Waals surface area contributed by atoms with Gasteiger partial charge in [0.05, 0.1) is 16.9 Å². The summed E-state index contributed by atoms with van der Waals surface area (Å²) in [5, 5.41) is 8.39. The molecule has 0 aliphatic carbocycles. The van der Waals surface area contributed by atoms with Gasteiger partial charge in [0.1, 0.15) is 5.82 Å². The van der Waals surface area contributed by atoms with E-state index in [9.17, 15) is 13.2 Å². The van der Waals surface area contributed by atoms with Crippen LogP contribution in [0.2, 0.25) is 0 Å². The highest BCUT2D eigenvalue weighted by Crippen LogP contribution is 2.37. The number of hydrogen-bond donors (Lipinski definition) is 1. The van der Waals surface area contributed by atoms with Gasteiger partial charge in [-0.1, -0.05) is 36.4 Å². The molecule has 2 aliphatic heterocycles. The van der Waals surface area contributed by atoms with Crippen LogP contribution in [0.15, 0.2) is 54.6 Å². The second-order valence-corrected chi connectivity index (χ2v) is 9.09. The Balaban J connectivity index is 1.40. The van der Waals surface area contributed by atoms with E-state index in [0.717, 1.165) is 75.9 Å². The van der Waals surface area contributed by atoms with Gasteiger partial charge in [0.25, 0.3) is 0 Å². The molecule has 0 unspecified atom stereocenters. The van der Waals surface area contributed by atoms with Crippen LogP contribution in [0.1, 0.15) is 54.0 Å². The predicted octanol–water partition coefficient (Wildman–Crippen LogP) is 6.02. The molecule has 0 bridgehead atoms. The van der Waals surface area contributed by atoms with Gasteiger partial charge in [-0.25, -0.2) is 4.68 Å². The molecule has 0 amide bonds. The van der Waals surface area contributed by atoms with Crippen LogP contribution in [-0.2, 0) is 19.1 Å². The minimum absolute atomic E-state index is 0.331. The van der Waals surface area contributed by atoms with Gasteiger partial charge >= 0.3 is 6.18 Å². The number of halogens is 3. The molecule has 1 saturated heterocycles. The fourth-order valence-corrected chi connectivity index (χ4v) is 5.06. The van der Waals surface area contributed by atoms with Crippen molar-refractivity contribution in [2.24, 2.45) is 0 Å². The number of aromatic nitrogens is 2. The Kier molecular flexibility index (Phi) is 6.15. The highest BCUT2D eigenvalue weighted by molar-refractivity contribution is 5.55. The Hall–Kier alpha value is -2.80. The summed E-state index contributed by atoms with van der Waals surface area (Å²) in [4.78, 5) is 2.48. The van der Waals surface area contributed by atoms with Crippen molar-refractivity contribution < 1.29 is 13.2 Å². The number of hydrogen-bond acceptors (Lipinski definition) is 3. The van der Waals surface area contributed by atoms with E-state index < -0.39 is 11.7 Å². The first-order valence-corrected chi connectivity index (χ1v) is 11.8. The molecule has 1 N–H and O–H groups in total. The van der Waals surface area contributed by atoms with Crippen molar-refractivity contribution in [3.05, 3.63) is 77.0 Å². The van der Waals surface area contributed by atoms with Crippen molar-refractivity contribution in [1.82, 2.24) is 14.7 Å². The van der Waals surface area contributed by atoms with Gasteiger partial charge in [-0.05, 0) is 69.0 Å². The van der Waals surface area contributed by atoms with Crippen LogP contribution in [0.5, 0.6) is 0 Å². The zero-order chi connectivity index (χ0) is 22.8. The Bertz CT molecular complexity index is 1080. The summed E-state index contributed by atoms with van der Waals surface area (Å²) in [5.41, 5.74) is 3.39. The first-order chi connectivity index (χ1) is 16.0. The number of likely N-dealkylation sites (tertiary alicyclic amines) is 1. The molecular weight excluding hydrogens is 425 g/mol. The number of piperidine rings is 1. The Morgan fingerprint density at radius 1 is 0.970 bits per heavy atom. The summed E-state index contributed by atoms with van der Waals surface area (Å²) in [5.74, 6) is 1.20. The second-order valence-electron chi connectivity index (χ2n) is 9.09. The molecule has 33 heavy (non-hydrogen) atoms. The Labute approximate surface area is 192 Å². The molecule has 5 rings (SSSR count). The van der Waals surface area contributed by atoms with E-state index in [1.807, 2.05) is 6.07 Å². The highest BCUT2D eigenvalue weighted by Gasteiger charge is 2.32. The summed E-state index contributed by atoms with van der Waals surface area (Å²) in [6, 6.07) is 16.0. The number of fused-ring (bicyclic) bond motifs is 1. The lowest BCUT2D eigenvalue weighted by Gasteiger charge is -2.31. The van der Waals surface area contributed by atoms with E-state index in [0.29, 0.717) is 11.6 Å². The zero-order valence-corrected chi connectivity index (χ0v) is 18.6. The van der Waals surface area contributed by atoms with Crippen LogP contribution in [0.4, 0.5) is 19.0 Å². The topological polar surface area (TPSA) is 33.1 Å². The van der Waals surface area contributed by atoms with Gasteiger partial charge in [0, 0.05) is 24.6 Å². The number of rotatable bonds is 4. The van der Waals surface area contributed by atoms with E-state index >= 15 is 0 Å². The first-order valence-electron chi connectivity index (χ1n) is 11.8. The van der Waals surface area contributed by atoms with Crippen molar-refractivity contribution in [2.75, 3.05) is 25.0 Å². The van der Waals surface area contributed by atoms with Crippen LogP contribution in [0, 0.1) is 0 Å². The maximum atomic E-state index is 13.3. The highest BCUT2D eigenvalue weighted by atomic mass is 19.4.